The summed E-state index contributed by atoms with van der Waals surface area (Å²) in [5.41, 5.74) is 0.0963. The van der Waals surface area contributed by atoms with E-state index in [9.17, 15) is 9.90 Å². The molecule has 1 aromatic rings. The van der Waals surface area contributed by atoms with Crippen LogP contribution in [0.1, 0.15) is 39.4 Å². The summed E-state index contributed by atoms with van der Waals surface area (Å²) in [6.45, 7) is 7.30. The van der Waals surface area contributed by atoms with E-state index in [2.05, 4.69) is 22.1 Å². The van der Waals surface area contributed by atoms with E-state index in [4.69, 9.17) is 4.74 Å². The van der Waals surface area contributed by atoms with E-state index >= 15 is 0 Å². The molecule has 0 spiro atoms. The van der Waals surface area contributed by atoms with Gasteiger partial charge in [0.25, 0.3) is 0 Å². The van der Waals surface area contributed by atoms with Crippen LogP contribution in [0.4, 0.5) is 4.79 Å². The molecule has 0 saturated carbocycles. The van der Waals surface area contributed by atoms with E-state index in [1.165, 1.54) is 0 Å². The maximum atomic E-state index is 11.7. The van der Waals surface area contributed by atoms with Gasteiger partial charge in [-0.2, -0.15) is 0 Å². The maximum Gasteiger partial charge on any atom is 0.408 e. The number of rotatable bonds is 4. The molecule has 1 atom stereocenters. The van der Waals surface area contributed by atoms with Crippen LogP contribution in [0.15, 0.2) is 12.5 Å². The first kappa shape index (κ1) is 16.1. The summed E-state index contributed by atoms with van der Waals surface area (Å²) < 4.78 is 6.94. The fraction of sp³-hybridized carbons (Fsp3) is 0.571. The summed E-state index contributed by atoms with van der Waals surface area (Å²) in [6.07, 6.45) is 2.63. The highest BCUT2D eigenvalue weighted by Gasteiger charge is 2.22. The zero-order chi connectivity index (χ0) is 15.2. The third kappa shape index (κ3) is 4.94. The van der Waals surface area contributed by atoms with Gasteiger partial charge >= 0.3 is 6.09 Å². The smallest absolute Gasteiger partial charge is 0.408 e. The van der Waals surface area contributed by atoms with Gasteiger partial charge in [-0.15, -0.1) is 5.92 Å². The van der Waals surface area contributed by atoms with Gasteiger partial charge in [0.05, 0.1) is 37.4 Å². The Bertz CT molecular complexity index is 506. The maximum absolute atomic E-state index is 11.7. The molecule has 1 unspecified atom stereocenters. The van der Waals surface area contributed by atoms with Gasteiger partial charge in [0, 0.05) is 0 Å². The van der Waals surface area contributed by atoms with Crippen molar-refractivity contribution in [3.05, 3.63) is 18.2 Å². The highest BCUT2D eigenvalue weighted by Crippen LogP contribution is 2.14. The SMILES string of the molecule is CC#CCn1cncc1C(CO)NC(=O)OC(C)(C)C. The van der Waals surface area contributed by atoms with Crippen molar-refractivity contribution in [1.29, 1.82) is 0 Å². The summed E-state index contributed by atoms with van der Waals surface area (Å²) in [7, 11) is 0. The fourth-order valence-electron chi connectivity index (χ4n) is 1.58. The summed E-state index contributed by atoms with van der Waals surface area (Å²) in [4.78, 5) is 15.8. The number of hydrogen-bond acceptors (Lipinski definition) is 4. The number of aromatic nitrogens is 2. The molecule has 0 aliphatic rings. The van der Waals surface area contributed by atoms with Crippen molar-refractivity contribution in [2.75, 3.05) is 6.61 Å². The van der Waals surface area contributed by atoms with Crippen molar-refractivity contribution >= 4 is 6.09 Å². The second-order valence-corrected chi connectivity index (χ2v) is 5.25. The van der Waals surface area contributed by atoms with Crippen LogP contribution in [0.2, 0.25) is 0 Å². The van der Waals surface area contributed by atoms with E-state index in [0.29, 0.717) is 12.2 Å². The predicted octanol–water partition coefficient (Wildman–Crippen LogP) is 1.46. The third-order valence-corrected chi connectivity index (χ3v) is 2.40. The Morgan fingerprint density at radius 2 is 2.30 bits per heavy atom. The summed E-state index contributed by atoms with van der Waals surface area (Å²) in [5.74, 6) is 5.70. The van der Waals surface area contributed by atoms with E-state index in [0.717, 1.165) is 0 Å². The van der Waals surface area contributed by atoms with Crippen molar-refractivity contribution in [1.82, 2.24) is 14.9 Å². The number of alkyl carbamates (subject to hydrolysis) is 1. The molecule has 20 heavy (non-hydrogen) atoms. The van der Waals surface area contributed by atoms with Gasteiger partial charge in [-0.3, -0.25) is 0 Å². The third-order valence-electron chi connectivity index (χ3n) is 2.40. The molecule has 0 saturated heterocycles. The standard InChI is InChI=1S/C14H21N3O3/c1-5-6-7-17-10-15-8-12(17)11(9-18)16-13(19)20-14(2,3)4/h8,10-11,18H,7,9H2,1-4H3,(H,16,19). The molecular formula is C14H21N3O3. The molecule has 0 aliphatic carbocycles. The Labute approximate surface area is 119 Å². The van der Waals surface area contributed by atoms with Crippen molar-refractivity contribution in [3.63, 3.8) is 0 Å². The Morgan fingerprint density at radius 1 is 1.60 bits per heavy atom. The van der Waals surface area contributed by atoms with E-state index < -0.39 is 17.7 Å². The van der Waals surface area contributed by atoms with Crippen LogP contribution in [0.3, 0.4) is 0 Å². The predicted molar refractivity (Wildman–Crippen MR) is 74.9 cm³/mol. The van der Waals surface area contributed by atoms with Gasteiger partial charge in [0.2, 0.25) is 0 Å². The average molecular weight is 279 g/mol. The topological polar surface area (TPSA) is 76.4 Å². The molecule has 110 valence electrons. The summed E-state index contributed by atoms with van der Waals surface area (Å²) in [6, 6.07) is -0.578. The van der Waals surface area contributed by atoms with Gasteiger partial charge in [-0.05, 0) is 27.7 Å². The lowest BCUT2D eigenvalue weighted by atomic mass is 10.2. The van der Waals surface area contributed by atoms with Gasteiger partial charge in [0.15, 0.2) is 0 Å². The highest BCUT2D eigenvalue weighted by atomic mass is 16.6. The van der Waals surface area contributed by atoms with E-state index in [1.807, 2.05) is 0 Å². The molecule has 1 heterocycles. The van der Waals surface area contributed by atoms with Crippen LogP contribution < -0.4 is 5.32 Å². The van der Waals surface area contributed by atoms with Crippen LogP contribution in [-0.2, 0) is 11.3 Å². The Kier molecular flexibility index (Phi) is 5.59. The number of carbonyl (C=O) groups excluding carboxylic acids is 1. The monoisotopic (exact) mass is 279 g/mol. The van der Waals surface area contributed by atoms with Crippen LogP contribution in [0.25, 0.3) is 0 Å². The number of carbonyl (C=O) groups is 1. The van der Waals surface area contributed by atoms with E-state index in [-0.39, 0.29) is 6.61 Å². The number of amides is 1. The quantitative estimate of drug-likeness (QED) is 0.818. The minimum atomic E-state index is -0.585. The Hall–Kier alpha value is -2.00. The zero-order valence-electron chi connectivity index (χ0n) is 12.3. The molecule has 0 fully saturated rings. The largest absolute Gasteiger partial charge is 0.444 e. The van der Waals surface area contributed by atoms with Gasteiger partial charge in [-0.1, -0.05) is 5.92 Å². The Balaban J connectivity index is 2.77. The van der Waals surface area contributed by atoms with Gasteiger partial charge in [0.1, 0.15) is 5.60 Å². The normalized spacial score (nSPS) is 12.2. The molecule has 1 rings (SSSR count). The average Bonchev–Trinajstić information content (AvgIpc) is 2.79. The number of ether oxygens (including phenoxy) is 1. The molecule has 6 heteroatoms. The first-order chi connectivity index (χ1) is 9.37. The zero-order valence-corrected chi connectivity index (χ0v) is 12.3. The summed E-state index contributed by atoms with van der Waals surface area (Å²) in [5, 5.41) is 12.1. The number of nitrogens with one attached hydrogen (secondary N) is 1. The lowest BCUT2D eigenvalue weighted by Crippen LogP contribution is -2.37. The molecule has 0 aromatic carbocycles. The number of aliphatic hydroxyl groups excluding tert-OH is 1. The molecule has 2 N–H and O–H groups in total. The second kappa shape index (κ2) is 6.96. The van der Waals surface area contributed by atoms with E-state index in [1.54, 1.807) is 44.8 Å². The van der Waals surface area contributed by atoms with Crippen LogP contribution in [-0.4, -0.2) is 33.0 Å². The molecular weight excluding hydrogens is 258 g/mol. The molecule has 0 bridgehead atoms. The first-order valence-corrected chi connectivity index (χ1v) is 6.37. The highest BCUT2D eigenvalue weighted by molar-refractivity contribution is 5.68. The number of aliphatic hydroxyl groups is 1. The minimum absolute atomic E-state index is 0.246. The Morgan fingerprint density at radius 3 is 2.85 bits per heavy atom. The minimum Gasteiger partial charge on any atom is -0.444 e. The molecule has 0 aliphatic heterocycles. The molecule has 1 amide bonds. The molecule has 6 nitrogen and oxygen atoms in total. The number of nitrogens with zero attached hydrogens (tertiary/aromatic N) is 2. The number of hydrogen-bond donors (Lipinski definition) is 2. The van der Waals surface area contributed by atoms with Crippen LogP contribution >= 0.6 is 0 Å². The second-order valence-electron chi connectivity index (χ2n) is 5.25. The fourth-order valence-corrected chi connectivity index (χ4v) is 1.58. The van der Waals surface area contributed by atoms with Crippen molar-refractivity contribution in [2.45, 2.75) is 45.9 Å². The molecule has 0 radical (unpaired) electrons. The van der Waals surface area contributed by atoms with Crippen molar-refractivity contribution in [3.8, 4) is 11.8 Å². The summed E-state index contributed by atoms with van der Waals surface area (Å²) >= 11 is 0. The van der Waals surface area contributed by atoms with Gasteiger partial charge < -0.3 is 19.7 Å². The number of imidazole rings is 1. The van der Waals surface area contributed by atoms with Gasteiger partial charge in [-0.25, -0.2) is 9.78 Å². The van der Waals surface area contributed by atoms with Crippen LogP contribution in [0.5, 0.6) is 0 Å². The molecule has 1 aromatic heterocycles. The lowest BCUT2D eigenvalue weighted by Gasteiger charge is -2.23. The van der Waals surface area contributed by atoms with Crippen LogP contribution in [0, 0.1) is 11.8 Å². The van der Waals surface area contributed by atoms with Crippen molar-refractivity contribution < 1.29 is 14.6 Å². The van der Waals surface area contributed by atoms with Crippen molar-refractivity contribution in [2.24, 2.45) is 0 Å². The lowest BCUT2D eigenvalue weighted by molar-refractivity contribution is 0.0479. The first-order valence-electron chi connectivity index (χ1n) is 6.37.